The van der Waals surface area contributed by atoms with Crippen LogP contribution in [0.5, 0.6) is 28.7 Å². The fourth-order valence-corrected chi connectivity index (χ4v) is 4.95. The van der Waals surface area contributed by atoms with Crippen LogP contribution in [0.4, 0.5) is 0 Å². The third-order valence-electron chi connectivity index (χ3n) is 6.45. The number of phosphoric ester groups is 1. The van der Waals surface area contributed by atoms with Crippen LogP contribution >= 0.6 is 7.82 Å². The molecule has 0 bridgehead atoms. The Morgan fingerprint density at radius 1 is 0.533 bits per heavy atom. The van der Waals surface area contributed by atoms with Gasteiger partial charge in [-0.3, -0.25) is 9.79 Å². The number of phosphoric acid groups is 1. The zero-order chi connectivity index (χ0) is 32.0. The molecule has 5 aromatic rings. The van der Waals surface area contributed by atoms with Crippen LogP contribution in [0.1, 0.15) is 22.3 Å². The first-order chi connectivity index (χ1) is 21.7. The van der Waals surface area contributed by atoms with Crippen molar-refractivity contribution in [1.82, 2.24) is 0 Å². The molecule has 5 rings (SSSR count). The average Bonchev–Trinajstić information content (AvgIpc) is 3.04. The Kier molecular flexibility index (Phi) is 8.60. The monoisotopic (exact) mass is 610 g/mol. The van der Waals surface area contributed by atoms with Crippen molar-refractivity contribution in [2.45, 2.75) is 0 Å². The summed E-state index contributed by atoms with van der Waals surface area (Å²) in [5, 5.41) is 37.2. The van der Waals surface area contributed by atoms with E-state index in [0.29, 0.717) is 45.3 Å². The summed E-state index contributed by atoms with van der Waals surface area (Å²) in [5.74, 6) is 1.33. The van der Waals surface area contributed by atoms with Gasteiger partial charge in [0, 0.05) is 5.56 Å². The molecule has 0 aliphatic rings. The topological polar surface area (TPSA) is 180 Å². The molecule has 0 saturated heterocycles. The summed E-state index contributed by atoms with van der Waals surface area (Å²) in [6, 6.07) is 35.3. The van der Waals surface area contributed by atoms with Crippen LogP contribution in [0.3, 0.4) is 0 Å². The molecule has 0 spiro atoms. The van der Waals surface area contributed by atoms with Crippen molar-refractivity contribution in [2.24, 2.45) is 0 Å². The quantitative estimate of drug-likeness (QED) is 0.166. The van der Waals surface area contributed by atoms with Gasteiger partial charge in [0.25, 0.3) is 0 Å². The number of ether oxygens (including phenoxy) is 2. The van der Waals surface area contributed by atoms with Gasteiger partial charge in [0.05, 0.1) is 22.3 Å². The molecule has 216 valence electrons. The van der Waals surface area contributed by atoms with E-state index in [4.69, 9.17) is 14.0 Å². The summed E-state index contributed by atoms with van der Waals surface area (Å²) in [6.07, 6.45) is 0. The molecule has 5 aromatic carbocycles. The van der Waals surface area contributed by atoms with E-state index >= 15 is 0 Å². The lowest BCUT2D eigenvalue weighted by Crippen LogP contribution is -1.96. The van der Waals surface area contributed by atoms with Gasteiger partial charge in [-0.05, 0) is 83.4 Å². The van der Waals surface area contributed by atoms with Crippen LogP contribution in [0.25, 0.3) is 22.3 Å². The molecule has 0 unspecified atom stereocenters. The Labute approximate surface area is 257 Å². The van der Waals surface area contributed by atoms with Crippen molar-refractivity contribution in [2.75, 3.05) is 0 Å². The van der Waals surface area contributed by atoms with E-state index in [0.717, 1.165) is 0 Å². The van der Waals surface area contributed by atoms with Crippen LogP contribution in [-0.2, 0) is 4.57 Å². The molecular formula is C34H19N4O6P. The molecule has 0 heterocycles. The maximum Gasteiger partial charge on any atom is 0.524 e. The summed E-state index contributed by atoms with van der Waals surface area (Å²) in [7, 11) is -4.96. The van der Waals surface area contributed by atoms with Gasteiger partial charge in [-0.2, -0.15) is 21.0 Å². The largest absolute Gasteiger partial charge is 0.524 e. The third kappa shape index (κ3) is 6.99. The minimum atomic E-state index is -4.96. The first-order valence-electron chi connectivity index (χ1n) is 13.0. The lowest BCUT2D eigenvalue weighted by Gasteiger charge is -2.18. The highest BCUT2D eigenvalue weighted by atomic mass is 31.2. The Hall–Kier alpha value is -6.39. The van der Waals surface area contributed by atoms with E-state index in [9.17, 15) is 35.4 Å². The second kappa shape index (κ2) is 12.9. The standard InChI is InChI=1S/C34H19N4O6P/c35-18-24-10-12-30(16-26(24)20-37)42-28-6-1-4-22(14-28)32-8-3-9-33(44-45(39,40)41)34(32)23-5-2-7-29(15-23)43-31-13-11-25(19-36)27(17-31)21-38/h1-17H,(H2,39,40,41). The average molecular weight is 611 g/mol. The molecule has 45 heavy (non-hydrogen) atoms. The van der Waals surface area contributed by atoms with Crippen molar-refractivity contribution in [1.29, 1.82) is 21.0 Å². The molecule has 0 aliphatic heterocycles. The minimum absolute atomic E-state index is 0.0831. The summed E-state index contributed by atoms with van der Waals surface area (Å²) in [5.41, 5.74) is 2.77. The third-order valence-corrected chi connectivity index (χ3v) is 6.88. The molecule has 10 nitrogen and oxygen atoms in total. The number of hydrogen-bond acceptors (Lipinski definition) is 8. The second-order valence-corrected chi connectivity index (χ2v) is 10.5. The van der Waals surface area contributed by atoms with E-state index in [-0.39, 0.29) is 28.0 Å². The molecule has 0 amide bonds. The van der Waals surface area contributed by atoms with E-state index in [2.05, 4.69) is 0 Å². The summed E-state index contributed by atoms with van der Waals surface area (Å²) < 4.78 is 29.0. The number of rotatable bonds is 8. The molecule has 11 heteroatoms. The number of nitrogens with zero attached hydrogens (tertiary/aromatic N) is 4. The van der Waals surface area contributed by atoms with Gasteiger partial charge in [-0.25, -0.2) is 4.57 Å². The highest BCUT2D eigenvalue weighted by molar-refractivity contribution is 7.46. The fraction of sp³-hybridized carbons (Fsp3) is 0. The van der Waals surface area contributed by atoms with Crippen LogP contribution < -0.4 is 14.0 Å². The Bertz CT molecular complexity index is 2170. The smallest absolute Gasteiger partial charge is 0.457 e. The Morgan fingerprint density at radius 3 is 1.51 bits per heavy atom. The zero-order valence-corrected chi connectivity index (χ0v) is 24.0. The van der Waals surface area contributed by atoms with E-state index < -0.39 is 7.82 Å². The molecule has 0 radical (unpaired) electrons. The van der Waals surface area contributed by atoms with E-state index in [1.807, 2.05) is 24.3 Å². The lowest BCUT2D eigenvalue weighted by atomic mass is 9.93. The van der Waals surface area contributed by atoms with Crippen molar-refractivity contribution in [3.05, 3.63) is 125 Å². The highest BCUT2D eigenvalue weighted by Crippen LogP contribution is 2.47. The van der Waals surface area contributed by atoms with Crippen molar-refractivity contribution >= 4 is 7.82 Å². The zero-order valence-electron chi connectivity index (χ0n) is 23.1. The molecule has 0 aliphatic carbocycles. The molecule has 2 N–H and O–H groups in total. The predicted octanol–water partition coefficient (Wildman–Crippen LogP) is 7.56. The van der Waals surface area contributed by atoms with Gasteiger partial charge >= 0.3 is 7.82 Å². The van der Waals surface area contributed by atoms with Gasteiger partial charge in [-0.15, -0.1) is 0 Å². The minimum Gasteiger partial charge on any atom is -0.457 e. The molecule has 0 aromatic heterocycles. The lowest BCUT2D eigenvalue weighted by molar-refractivity contribution is 0.283. The number of benzene rings is 5. The maximum absolute atomic E-state index is 11.9. The summed E-state index contributed by atoms with van der Waals surface area (Å²) in [4.78, 5) is 19.4. The van der Waals surface area contributed by atoms with Crippen LogP contribution in [0.15, 0.2) is 103 Å². The van der Waals surface area contributed by atoms with Gasteiger partial charge in [0.15, 0.2) is 0 Å². The first-order valence-corrected chi connectivity index (χ1v) is 14.6. The van der Waals surface area contributed by atoms with Gasteiger partial charge in [0.1, 0.15) is 53.0 Å². The normalized spacial score (nSPS) is 10.4. The Balaban J connectivity index is 1.57. The molecule has 0 fully saturated rings. The molecule has 0 saturated carbocycles. The molecular weight excluding hydrogens is 591 g/mol. The van der Waals surface area contributed by atoms with E-state index in [1.165, 1.54) is 30.3 Å². The highest BCUT2D eigenvalue weighted by Gasteiger charge is 2.22. The van der Waals surface area contributed by atoms with Gasteiger partial charge < -0.3 is 14.0 Å². The fourth-order valence-electron chi connectivity index (χ4n) is 4.54. The summed E-state index contributed by atoms with van der Waals surface area (Å²) >= 11 is 0. The van der Waals surface area contributed by atoms with Crippen LogP contribution in [0.2, 0.25) is 0 Å². The number of hydrogen-bond donors (Lipinski definition) is 2. The van der Waals surface area contributed by atoms with Crippen molar-refractivity contribution in [3.8, 4) is 75.3 Å². The van der Waals surface area contributed by atoms with E-state index in [1.54, 1.807) is 72.8 Å². The second-order valence-electron chi connectivity index (χ2n) is 9.38. The van der Waals surface area contributed by atoms with Crippen molar-refractivity contribution < 1.29 is 28.3 Å². The number of nitriles is 4. The van der Waals surface area contributed by atoms with Crippen LogP contribution in [-0.4, -0.2) is 9.79 Å². The Morgan fingerprint density at radius 2 is 1.00 bits per heavy atom. The maximum atomic E-state index is 11.9. The predicted molar refractivity (Wildman–Crippen MR) is 162 cm³/mol. The SMILES string of the molecule is N#Cc1ccc(Oc2cccc(-c3cccc(OP(=O)(O)O)c3-c3cccc(Oc4ccc(C#N)c(C#N)c4)c3)c2)cc1C#N. The van der Waals surface area contributed by atoms with Gasteiger partial charge in [0.2, 0.25) is 0 Å². The van der Waals surface area contributed by atoms with Crippen LogP contribution in [0, 0.1) is 45.3 Å². The van der Waals surface area contributed by atoms with Gasteiger partial charge in [-0.1, -0.05) is 36.4 Å². The van der Waals surface area contributed by atoms with Crippen molar-refractivity contribution in [3.63, 3.8) is 0 Å². The first kappa shape index (κ1) is 30.1. The molecule has 0 atom stereocenters. The summed E-state index contributed by atoms with van der Waals surface area (Å²) in [6.45, 7) is 0.